The minimum atomic E-state index is -1.48. The van der Waals surface area contributed by atoms with Crippen molar-refractivity contribution in [3.63, 3.8) is 0 Å². The molecule has 1 N–H and O–H groups in total. The molecule has 0 radical (unpaired) electrons. The van der Waals surface area contributed by atoms with E-state index in [-0.39, 0.29) is 25.7 Å². The molecule has 0 aliphatic heterocycles. The molecule has 1 atom stereocenters. The van der Waals surface area contributed by atoms with E-state index in [4.69, 9.17) is 41.8 Å². The lowest BCUT2D eigenvalue weighted by atomic mass is 10.0. The molecule has 1 heterocycles. The van der Waals surface area contributed by atoms with Crippen molar-refractivity contribution in [3.05, 3.63) is 82.3 Å². The lowest BCUT2D eigenvalue weighted by molar-refractivity contribution is -0.155. The van der Waals surface area contributed by atoms with Crippen LogP contribution in [0.25, 0.3) is 11.1 Å². The molecule has 0 aliphatic carbocycles. The Hall–Kier alpha value is -3.26. The van der Waals surface area contributed by atoms with Crippen molar-refractivity contribution >= 4 is 40.3 Å². The molecule has 0 saturated heterocycles. The number of aliphatic carboxylic acids is 1. The van der Waals surface area contributed by atoms with Gasteiger partial charge in [-0.1, -0.05) is 41.4 Å². The molecule has 1 unspecified atom stereocenters. The van der Waals surface area contributed by atoms with Crippen LogP contribution in [0.1, 0.15) is 18.9 Å². The van der Waals surface area contributed by atoms with Gasteiger partial charge in [0.15, 0.2) is 5.58 Å². The molecule has 0 aliphatic rings. The molecule has 9 heteroatoms. The number of nitrogens with zero attached hydrogens (tertiary/aromatic N) is 1. The van der Waals surface area contributed by atoms with Crippen LogP contribution in [0.5, 0.6) is 17.6 Å². The highest BCUT2D eigenvalue weighted by Crippen LogP contribution is 2.29. The van der Waals surface area contributed by atoms with Crippen LogP contribution in [-0.4, -0.2) is 28.3 Å². The molecule has 0 amide bonds. The molecule has 4 aromatic rings. The number of fused-ring (bicyclic) bond motifs is 1. The molecule has 7 nitrogen and oxygen atoms in total. The average molecular weight is 502 g/mol. The van der Waals surface area contributed by atoms with E-state index in [1.165, 1.54) is 6.92 Å². The Morgan fingerprint density at radius 1 is 1.06 bits per heavy atom. The van der Waals surface area contributed by atoms with E-state index in [0.29, 0.717) is 32.6 Å². The van der Waals surface area contributed by atoms with Crippen LogP contribution >= 0.6 is 23.2 Å². The first-order valence-electron chi connectivity index (χ1n) is 10.4. The quantitative estimate of drug-likeness (QED) is 0.240. The van der Waals surface area contributed by atoms with Gasteiger partial charge in [0.25, 0.3) is 0 Å². The fourth-order valence-corrected chi connectivity index (χ4v) is 3.48. The van der Waals surface area contributed by atoms with Crippen molar-refractivity contribution in [2.24, 2.45) is 0 Å². The molecular weight excluding hydrogens is 481 g/mol. The van der Waals surface area contributed by atoms with E-state index in [9.17, 15) is 9.90 Å². The van der Waals surface area contributed by atoms with Gasteiger partial charge in [0.05, 0.1) is 13.2 Å². The molecule has 176 valence electrons. The third-order valence-corrected chi connectivity index (χ3v) is 5.70. The summed E-state index contributed by atoms with van der Waals surface area (Å²) in [5, 5.41) is 10.9. The van der Waals surface area contributed by atoms with Gasteiger partial charge in [0, 0.05) is 22.5 Å². The van der Waals surface area contributed by atoms with Crippen LogP contribution in [0, 0.1) is 0 Å². The van der Waals surface area contributed by atoms with Crippen molar-refractivity contribution in [2.45, 2.75) is 25.6 Å². The highest BCUT2D eigenvalue weighted by molar-refractivity contribution is 6.31. The Bertz CT molecular complexity index is 1290. The molecule has 1 aromatic heterocycles. The van der Waals surface area contributed by atoms with Gasteiger partial charge in [0.2, 0.25) is 5.60 Å². The molecule has 0 spiro atoms. The lowest BCUT2D eigenvalue weighted by Gasteiger charge is -2.26. The van der Waals surface area contributed by atoms with Crippen molar-refractivity contribution in [2.75, 3.05) is 6.61 Å². The summed E-state index contributed by atoms with van der Waals surface area (Å²) < 4.78 is 22.6. The highest BCUT2D eigenvalue weighted by Gasteiger charge is 2.35. The van der Waals surface area contributed by atoms with Gasteiger partial charge >= 0.3 is 12.0 Å². The van der Waals surface area contributed by atoms with Crippen molar-refractivity contribution in [3.8, 4) is 17.6 Å². The summed E-state index contributed by atoms with van der Waals surface area (Å²) in [7, 11) is 0. The number of aromatic nitrogens is 1. The first-order valence-corrected chi connectivity index (χ1v) is 11.2. The largest absolute Gasteiger partial charge is 0.478 e. The first kappa shape index (κ1) is 23.9. The predicted octanol–water partition coefficient (Wildman–Crippen LogP) is 6.76. The minimum absolute atomic E-state index is 0.0666. The number of ether oxygens (including phenoxy) is 3. The van der Waals surface area contributed by atoms with E-state index in [1.807, 2.05) is 18.2 Å². The summed E-state index contributed by atoms with van der Waals surface area (Å²) in [5.74, 6) is -0.280. The number of carboxylic acids is 1. The van der Waals surface area contributed by atoms with Crippen LogP contribution in [0.4, 0.5) is 0 Å². The zero-order valence-corrected chi connectivity index (χ0v) is 19.7. The van der Waals surface area contributed by atoms with E-state index in [2.05, 4.69) is 4.98 Å². The normalized spacial score (nSPS) is 12.9. The number of oxazole rings is 1. The van der Waals surface area contributed by atoms with Crippen LogP contribution < -0.4 is 9.47 Å². The number of hydrogen-bond donors (Lipinski definition) is 1. The third kappa shape index (κ3) is 5.80. The molecule has 3 aromatic carbocycles. The van der Waals surface area contributed by atoms with Crippen LogP contribution in [-0.2, 0) is 16.1 Å². The third-order valence-electron chi connectivity index (χ3n) is 5.09. The number of carbonyl (C=O) groups is 1. The predicted molar refractivity (Wildman–Crippen MR) is 128 cm³/mol. The summed E-state index contributed by atoms with van der Waals surface area (Å²) in [6.45, 7) is 1.96. The maximum atomic E-state index is 11.9. The summed E-state index contributed by atoms with van der Waals surface area (Å²) in [5.41, 5.74) is 0.479. The Labute approximate surface area is 205 Å². The van der Waals surface area contributed by atoms with Crippen molar-refractivity contribution < 1.29 is 28.5 Å². The van der Waals surface area contributed by atoms with Gasteiger partial charge in [-0.3, -0.25) is 0 Å². The van der Waals surface area contributed by atoms with Crippen LogP contribution in [0.3, 0.4) is 0 Å². The molecule has 0 bridgehead atoms. The number of carboxylic acid groups (broad SMARTS) is 1. The topological polar surface area (TPSA) is 91.0 Å². The fraction of sp³-hybridized carbons (Fsp3) is 0.200. The summed E-state index contributed by atoms with van der Waals surface area (Å²) in [6, 6.07) is 18.9. The number of halogens is 2. The molecule has 4 rings (SSSR count). The summed E-state index contributed by atoms with van der Waals surface area (Å²) >= 11 is 12.1. The number of benzene rings is 3. The lowest BCUT2D eigenvalue weighted by Crippen LogP contribution is -2.42. The standard InChI is InChI=1S/C25H21Cl2NO6/c1-25(23(29)30,12-13-31-15-16-4-2-3-5-20(16)27)34-19-9-7-18(8-10-19)32-24-28-21-11-6-17(26)14-22(21)33-24/h2-11,14H,12-13,15H2,1H3,(H,29,30). The van der Waals surface area contributed by atoms with Gasteiger partial charge in [-0.25, -0.2) is 4.79 Å². The maximum absolute atomic E-state index is 11.9. The van der Waals surface area contributed by atoms with Crippen molar-refractivity contribution in [1.82, 2.24) is 4.98 Å². The number of hydrogen-bond acceptors (Lipinski definition) is 6. The zero-order valence-electron chi connectivity index (χ0n) is 18.2. The second-order valence-corrected chi connectivity index (χ2v) is 8.54. The molecular formula is C25H21Cl2NO6. The van der Waals surface area contributed by atoms with Crippen LogP contribution in [0.15, 0.2) is 71.1 Å². The molecule has 0 saturated carbocycles. The van der Waals surface area contributed by atoms with E-state index in [1.54, 1.807) is 48.5 Å². The zero-order chi connectivity index (χ0) is 24.1. The number of rotatable bonds is 10. The monoisotopic (exact) mass is 501 g/mol. The Balaban J connectivity index is 1.35. The SMILES string of the molecule is CC(CCOCc1ccccc1Cl)(Oc1ccc(Oc2nc3ccc(Cl)cc3o2)cc1)C(=O)O. The Kier molecular flexibility index (Phi) is 7.26. The Morgan fingerprint density at radius 3 is 2.53 bits per heavy atom. The van der Waals surface area contributed by atoms with Gasteiger partial charge in [0.1, 0.15) is 17.0 Å². The van der Waals surface area contributed by atoms with Gasteiger partial charge in [-0.15, -0.1) is 0 Å². The minimum Gasteiger partial charge on any atom is -0.478 e. The van der Waals surface area contributed by atoms with Gasteiger partial charge in [-0.05, 0) is 55.0 Å². The second-order valence-electron chi connectivity index (χ2n) is 7.70. The van der Waals surface area contributed by atoms with E-state index < -0.39 is 11.6 Å². The summed E-state index contributed by atoms with van der Waals surface area (Å²) in [6.07, 6.45) is 0.202. The summed E-state index contributed by atoms with van der Waals surface area (Å²) in [4.78, 5) is 16.1. The first-order chi connectivity index (χ1) is 16.3. The Morgan fingerprint density at radius 2 is 1.79 bits per heavy atom. The van der Waals surface area contributed by atoms with E-state index in [0.717, 1.165) is 5.56 Å². The van der Waals surface area contributed by atoms with Gasteiger partial charge < -0.3 is 23.7 Å². The van der Waals surface area contributed by atoms with Gasteiger partial charge in [-0.2, -0.15) is 4.98 Å². The van der Waals surface area contributed by atoms with E-state index >= 15 is 0 Å². The second kappa shape index (κ2) is 10.3. The molecule has 34 heavy (non-hydrogen) atoms. The fourth-order valence-electron chi connectivity index (χ4n) is 3.12. The highest BCUT2D eigenvalue weighted by atomic mass is 35.5. The average Bonchev–Trinajstić information content (AvgIpc) is 3.20. The molecule has 0 fully saturated rings. The maximum Gasteiger partial charge on any atom is 0.400 e. The smallest absolute Gasteiger partial charge is 0.400 e. The van der Waals surface area contributed by atoms with Crippen molar-refractivity contribution in [1.29, 1.82) is 0 Å². The van der Waals surface area contributed by atoms with Crippen LogP contribution in [0.2, 0.25) is 10.0 Å².